The molecule has 0 saturated heterocycles. The molecule has 0 spiro atoms. The quantitative estimate of drug-likeness (QED) is 0.872. The van der Waals surface area contributed by atoms with E-state index in [1.165, 1.54) is 29.8 Å². The Hall–Kier alpha value is -1.51. The molecular formula is C10H11N3O3S2. The molecule has 2 aromatic heterocycles. The van der Waals surface area contributed by atoms with Crippen molar-refractivity contribution < 1.29 is 8.42 Å². The lowest BCUT2D eigenvalue weighted by atomic mass is 10.4. The number of nitrogens with zero attached hydrogens (tertiary/aromatic N) is 1. The molecule has 2 heterocycles. The molecule has 1 atom stereocenters. The highest BCUT2D eigenvalue weighted by Gasteiger charge is 2.21. The van der Waals surface area contributed by atoms with Gasteiger partial charge in [-0.2, -0.15) is 0 Å². The van der Waals surface area contributed by atoms with E-state index in [1.807, 2.05) is 0 Å². The van der Waals surface area contributed by atoms with Crippen molar-refractivity contribution in [1.82, 2.24) is 14.7 Å². The number of thiazole rings is 1. The Morgan fingerprint density at radius 2 is 2.28 bits per heavy atom. The molecule has 0 saturated carbocycles. The van der Waals surface area contributed by atoms with Crippen molar-refractivity contribution in [3.05, 3.63) is 45.3 Å². The van der Waals surface area contributed by atoms with Crippen LogP contribution in [-0.2, 0) is 10.0 Å². The van der Waals surface area contributed by atoms with Gasteiger partial charge >= 0.3 is 0 Å². The molecule has 1 unspecified atom stereocenters. The maximum atomic E-state index is 12.0. The molecule has 2 rings (SSSR count). The molecular weight excluding hydrogens is 274 g/mol. The summed E-state index contributed by atoms with van der Waals surface area (Å²) in [7, 11) is -3.84. The molecule has 2 aromatic rings. The average molecular weight is 285 g/mol. The maximum absolute atomic E-state index is 12.0. The third-order valence-corrected chi connectivity index (χ3v) is 4.75. The fourth-order valence-corrected chi connectivity index (χ4v) is 3.39. The summed E-state index contributed by atoms with van der Waals surface area (Å²) in [6.45, 7) is 1.67. The van der Waals surface area contributed by atoms with E-state index in [9.17, 15) is 13.2 Å². The summed E-state index contributed by atoms with van der Waals surface area (Å²) in [5.41, 5.74) is -0.549. The van der Waals surface area contributed by atoms with Gasteiger partial charge in [-0.05, 0) is 6.92 Å². The Morgan fingerprint density at radius 3 is 2.89 bits per heavy atom. The fourth-order valence-electron chi connectivity index (χ4n) is 1.41. The highest BCUT2D eigenvalue weighted by atomic mass is 32.2. The lowest BCUT2D eigenvalue weighted by Crippen LogP contribution is -2.30. The number of hydrogen-bond acceptors (Lipinski definition) is 5. The number of H-pyrrole nitrogens is 1. The van der Waals surface area contributed by atoms with Crippen molar-refractivity contribution in [2.75, 3.05) is 0 Å². The zero-order chi connectivity index (χ0) is 13.2. The Kier molecular flexibility index (Phi) is 3.60. The predicted octanol–water partition coefficient (Wildman–Crippen LogP) is 0.871. The summed E-state index contributed by atoms with van der Waals surface area (Å²) in [4.78, 5) is 17.8. The van der Waals surface area contributed by atoms with E-state index in [0.29, 0.717) is 5.01 Å². The van der Waals surface area contributed by atoms with E-state index >= 15 is 0 Å². The van der Waals surface area contributed by atoms with Gasteiger partial charge in [0, 0.05) is 30.0 Å². The minimum absolute atomic E-state index is 0.298. The Bertz CT molecular complexity index is 676. The first-order chi connectivity index (χ1) is 8.50. The number of rotatable bonds is 4. The summed E-state index contributed by atoms with van der Waals surface area (Å²) in [5, 5.41) is 2.40. The van der Waals surface area contributed by atoms with E-state index in [4.69, 9.17) is 0 Å². The zero-order valence-corrected chi connectivity index (χ0v) is 11.1. The topological polar surface area (TPSA) is 91.9 Å². The van der Waals surface area contributed by atoms with Gasteiger partial charge in [0.15, 0.2) is 0 Å². The van der Waals surface area contributed by atoms with Crippen LogP contribution in [0.3, 0.4) is 0 Å². The van der Waals surface area contributed by atoms with Crippen LogP contribution in [0.4, 0.5) is 0 Å². The third-order valence-electron chi connectivity index (χ3n) is 2.23. The van der Waals surface area contributed by atoms with Crippen molar-refractivity contribution in [2.24, 2.45) is 0 Å². The molecule has 0 amide bonds. The Labute approximate surface area is 108 Å². The van der Waals surface area contributed by atoms with Crippen LogP contribution in [0.25, 0.3) is 0 Å². The molecule has 0 bridgehead atoms. The number of sulfonamides is 1. The van der Waals surface area contributed by atoms with Crippen LogP contribution < -0.4 is 10.2 Å². The molecule has 2 N–H and O–H groups in total. The van der Waals surface area contributed by atoms with Gasteiger partial charge in [0.1, 0.15) is 9.90 Å². The van der Waals surface area contributed by atoms with Crippen LogP contribution in [0.15, 0.2) is 39.7 Å². The van der Waals surface area contributed by atoms with E-state index in [-0.39, 0.29) is 4.90 Å². The molecule has 0 aliphatic rings. The van der Waals surface area contributed by atoms with Crippen molar-refractivity contribution in [3.8, 4) is 0 Å². The second-order valence-electron chi connectivity index (χ2n) is 3.59. The van der Waals surface area contributed by atoms with Gasteiger partial charge in [-0.1, -0.05) is 0 Å². The smallest absolute Gasteiger partial charge is 0.246 e. The Morgan fingerprint density at radius 1 is 1.50 bits per heavy atom. The molecule has 96 valence electrons. The van der Waals surface area contributed by atoms with Crippen molar-refractivity contribution in [1.29, 1.82) is 0 Å². The summed E-state index contributed by atoms with van der Waals surface area (Å²) in [6.07, 6.45) is 4.14. The first-order valence-corrected chi connectivity index (χ1v) is 7.46. The van der Waals surface area contributed by atoms with Gasteiger partial charge in [-0.3, -0.25) is 4.79 Å². The molecule has 8 heteroatoms. The van der Waals surface area contributed by atoms with E-state index in [1.54, 1.807) is 18.5 Å². The van der Waals surface area contributed by atoms with Gasteiger partial charge in [0.05, 0.1) is 6.04 Å². The standard InChI is InChI=1S/C10H11N3O3S2/c1-7(10-12-4-5-17-10)13-18(15,16)9-6-11-3-2-8(9)14/h2-7,13H,1H3,(H,11,14). The molecule has 0 aromatic carbocycles. The van der Waals surface area contributed by atoms with E-state index in [0.717, 1.165) is 0 Å². The largest absolute Gasteiger partial charge is 0.366 e. The first-order valence-electron chi connectivity index (χ1n) is 5.09. The molecule has 6 nitrogen and oxygen atoms in total. The van der Waals surface area contributed by atoms with Crippen LogP contribution in [-0.4, -0.2) is 18.4 Å². The predicted molar refractivity (Wildman–Crippen MR) is 67.9 cm³/mol. The van der Waals surface area contributed by atoms with Crippen LogP contribution >= 0.6 is 11.3 Å². The van der Waals surface area contributed by atoms with Crippen LogP contribution in [0.1, 0.15) is 18.0 Å². The zero-order valence-electron chi connectivity index (χ0n) is 9.45. The normalized spacial score (nSPS) is 13.4. The van der Waals surface area contributed by atoms with Crippen molar-refractivity contribution >= 4 is 21.4 Å². The molecule has 0 radical (unpaired) electrons. The number of pyridine rings is 1. The van der Waals surface area contributed by atoms with Crippen molar-refractivity contribution in [2.45, 2.75) is 17.9 Å². The third kappa shape index (κ3) is 2.66. The molecule has 0 aliphatic carbocycles. The number of hydrogen-bond donors (Lipinski definition) is 2. The number of aromatic nitrogens is 2. The summed E-state index contributed by atoms with van der Waals surface area (Å²) in [5.74, 6) is 0. The maximum Gasteiger partial charge on any atom is 0.246 e. The minimum Gasteiger partial charge on any atom is -0.366 e. The number of aromatic amines is 1. The van der Waals surface area contributed by atoms with Crippen LogP contribution in [0.2, 0.25) is 0 Å². The van der Waals surface area contributed by atoms with E-state index < -0.39 is 21.5 Å². The van der Waals surface area contributed by atoms with Gasteiger partial charge in [-0.15, -0.1) is 11.3 Å². The van der Waals surface area contributed by atoms with Crippen LogP contribution in [0.5, 0.6) is 0 Å². The lowest BCUT2D eigenvalue weighted by molar-refractivity contribution is 0.565. The molecule has 0 fully saturated rings. The number of nitrogens with one attached hydrogen (secondary N) is 2. The van der Waals surface area contributed by atoms with Gasteiger partial charge < -0.3 is 4.98 Å². The average Bonchev–Trinajstić information content (AvgIpc) is 2.82. The van der Waals surface area contributed by atoms with Crippen molar-refractivity contribution in [3.63, 3.8) is 0 Å². The summed E-state index contributed by atoms with van der Waals surface area (Å²) >= 11 is 1.35. The second-order valence-corrected chi connectivity index (χ2v) is 6.19. The van der Waals surface area contributed by atoms with Gasteiger partial charge in [0.25, 0.3) is 0 Å². The highest BCUT2D eigenvalue weighted by Crippen LogP contribution is 2.17. The molecule has 0 aliphatic heterocycles. The fraction of sp³-hybridized carbons (Fsp3) is 0.200. The van der Waals surface area contributed by atoms with E-state index in [2.05, 4.69) is 14.7 Å². The van der Waals surface area contributed by atoms with Crippen LogP contribution in [0, 0.1) is 0 Å². The van der Waals surface area contributed by atoms with Gasteiger partial charge in [-0.25, -0.2) is 18.1 Å². The van der Waals surface area contributed by atoms with Gasteiger partial charge in [0.2, 0.25) is 15.5 Å². The second kappa shape index (κ2) is 5.01. The monoisotopic (exact) mass is 285 g/mol. The SMILES string of the molecule is CC(NS(=O)(=O)c1c[nH]ccc1=O)c1nccs1. The Balaban J connectivity index is 2.29. The summed E-state index contributed by atoms with van der Waals surface area (Å²) < 4.78 is 26.4. The first kappa shape index (κ1) is 12.9. The highest BCUT2D eigenvalue weighted by molar-refractivity contribution is 7.89. The lowest BCUT2D eigenvalue weighted by Gasteiger charge is -2.11. The summed E-state index contributed by atoms with van der Waals surface area (Å²) in [6, 6.07) is 0.692. The minimum atomic E-state index is -3.84. The molecule has 18 heavy (non-hydrogen) atoms.